The van der Waals surface area contributed by atoms with Crippen LogP contribution in [-0.2, 0) is 14.3 Å². The van der Waals surface area contributed by atoms with Gasteiger partial charge in [-0.2, -0.15) is 0 Å². The highest BCUT2D eigenvalue weighted by Gasteiger charge is 2.16. The summed E-state index contributed by atoms with van der Waals surface area (Å²) in [4.78, 5) is 43.1. The van der Waals surface area contributed by atoms with Crippen molar-refractivity contribution in [2.45, 2.75) is 12.8 Å². The summed E-state index contributed by atoms with van der Waals surface area (Å²) in [6, 6.07) is 3.09. The smallest absolute Gasteiger partial charge is 0.347 e. The summed E-state index contributed by atoms with van der Waals surface area (Å²) in [5.41, 5.74) is 0.350. The third-order valence-electron chi connectivity index (χ3n) is 2.86. The molecule has 0 aliphatic carbocycles. The van der Waals surface area contributed by atoms with E-state index in [1.165, 1.54) is 18.5 Å². The van der Waals surface area contributed by atoms with Gasteiger partial charge in [-0.1, -0.05) is 0 Å². The minimum Gasteiger partial charge on any atom is -0.409 e. The topological polar surface area (TPSA) is 119 Å². The maximum absolute atomic E-state index is 11.9. The molecule has 134 valence electrons. The van der Waals surface area contributed by atoms with Gasteiger partial charge in [0.1, 0.15) is 0 Å². The Kier molecular flexibility index (Phi) is 7.56. The Hall–Kier alpha value is -1.96. The quantitative estimate of drug-likeness (QED) is 0.190. The zero-order valence-corrected chi connectivity index (χ0v) is 17.4. The molecule has 26 heavy (non-hydrogen) atoms. The first-order chi connectivity index (χ1) is 12.3. The second kappa shape index (κ2) is 9.66. The van der Waals surface area contributed by atoms with Crippen molar-refractivity contribution in [1.29, 1.82) is 5.41 Å². The van der Waals surface area contributed by atoms with E-state index in [2.05, 4.69) is 14.7 Å². The normalized spacial score (nSPS) is 10.1. The molecule has 0 atom stereocenters. The third kappa shape index (κ3) is 6.40. The van der Waals surface area contributed by atoms with Gasteiger partial charge in [0.05, 0.1) is 17.5 Å². The van der Waals surface area contributed by atoms with Crippen LogP contribution in [0.25, 0.3) is 0 Å². The first kappa shape index (κ1) is 20.4. The zero-order chi connectivity index (χ0) is 19.1. The Morgan fingerprint density at radius 3 is 1.85 bits per heavy atom. The van der Waals surface area contributed by atoms with Gasteiger partial charge in [0.15, 0.2) is 5.90 Å². The Labute approximate surface area is 175 Å². The lowest BCUT2D eigenvalue weighted by atomic mass is 10.3. The zero-order valence-electron chi connectivity index (χ0n) is 13.1. The number of hydrogen-bond acceptors (Lipinski definition) is 8. The molecule has 0 bridgehead atoms. The van der Waals surface area contributed by atoms with Crippen LogP contribution >= 0.6 is 45.2 Å². The molecule has 8 nitrogen and oxygen atoms in total. The first-order valence-corrected chi connectivity index (χ1v) is 9.26. The van der Waals surface area contributed by atoms with Gasteiger partial charge in [-0.05, 0) is 57.3 Å². The molecule has 0 amide bonds. The van der Waals surface area contributed by atoms with E-state index < -0.39 is 23.8 Å². The molecule has 0 spiro atoms. The lowest BCUT2D eigenvalue weighted by Gasteiger charge is -2.06. The maximum Gasteiger partial charge on any atom is 0.347 e. The van der Waals surface area contributed by atoms with E-state index >= 15 is 0 Å². The lowest BCUT2D eigenvalue weighted by molar-refractivity contribution is -0.137. The first-order valence-electron chi connectivity index (χ1n) is 7.11. The number of aromatic nitrogens is 2. The second-order valence-corrected chi connectivity index (χ2v) is 7.35. The predicted octanol–water partition coefficient (Wildman–Crippen LogP) is 2.98. The highest BCUT2D eigenvalue weighted by molar-refractivity contribution is 14.1. The van der Waals surface area contributed by atoms with E-state index in [1.807, 2.05) is 45.2 Å². The van der Waals surface area contributed by atoms with Gasteiger partial charge >= 0.3 is 17.9 Å². The van der Waals surface area contributed by atoms with Crippen LogP contribution in [0.3, 0.4) is 0 Å². The van der Waals surface area contributed by atoms with Gasteiger partial charge in [-0.25, -0.2) is 9.59 Å². The fourth-order valence-corrected chi connectivity index (χ4v) is 2.69. The van der Waals surface area contributed by atoms with Gasteiger partial charge in [0.25, 0.3) is 0 Å². The SMILES string of the molecule is N=C(CCC(=O)OC(=O)c1cncc(I)c1)OC(=O)c1cncc(I)c1. The van der Waals surface area contributed by atoms with Crippen LogP contribution in [0.1, 0.15) is 33.6 Å². The van der Waals surface area contributed by atoms with Gasteiger partial charge in [-0.3, -0.25) is 20.2 Å². The number of pyridine rings is 2. The molecule has 0 unspecified atom stereocenters. The van der Waals surface area contributed by atoms with Crippen LogP contribution in [0.15, 0.2) is 36.9 Å². The van der Waals surface area contributed by atoms with Crippen molar-refractivity contribution >= 4 is 69.0 Å². The summed E-state index contributed by atoms with van der Waals surface area (Å²) in [5.74, 6) is -2.80. The van der Waals surface area contributed by atoms with Crippen molar-refractivity contribution in [2.24, 2.45) is 0 Å². The van der Waals surface area contributed by atoms with E-state index in [-0.39, 0.29) is 24.0 Å². The fraction of sp³-hybridized carbons (Fsp3) is 0.125. The summed E-state index contributed by atoms with van der Waals surface area (Å²) >= 11 is 3.97. The number of hydrogen-bond donors (Lipinski definition) is 1. The van der Waals surface area contributed by atoms with Gasteiger partial charge in [-0.15, -0.1) is 0 Å². The number of carbonyl (C=O) groups excluding carboxylic acids is 3. The molecule has 0 aliphatic rings. The van der Waals surface area contributed by atoms with Crippen LogP contribution in [0.5, 0.6) is 0 Å². The van der Waals surface area contributed by atoms with Crippen molar-refractivity contribution in [2.75, 3.05) is 0 Å². The van der Waals surface area contributed by atoms with E-state index in [0.29, 0.717) is 0 Å². The molecule has 0 saturated carbocycles. The Balaban J connectivity index is 1.80. The summed E-state index contributed by atoms with van der Waals surface area (Å²) in [5, 5.41) is 7.62. The van der Waals surface area contributed by atoms with Crippen LogP contribution in [0, 0.1) is 12.5 Å². The standard InChI is InChI=1S/C16H11I2N3O5/c17-11-3-9(5-20-7-11)15(23)25-13(19)1-2-14(22)26-16(24)10-4-12(18)8-21-6-10/h3-8,19H,1-2H2. The van der Waals surface area contributed by atoms with Crippen molar-refractivity contribution in [3.63, 3.8) is 0 Å². The molecule has 0 radical (unpaired) electrons. The molecule has 0 aromatic carbocycles. The number of ether oxygens (including phenoxy) is 2. The van der Waals surface area contributed by atoms with Crippen LogP contribution < -0.4 is 0 Å². The van der Waals surface area contributed by atoms with E-state index in [4.69, 9.17) is 10.1 Å². The summed E-state index contributed by atoms with van der Waals surface area (Å²) in [7, 11) is 0. The molecule has 2 rings (SSSR count). The van der Waals surface area contributed by atoms with Crippen LogP contribution in [0.4, 0.5) is 0 Å². The minimum atomic E-state index is -0.828. The summed E-state index contributed by atoms with van der Waals surface area (Å²) in [6.07, 6.45) is 5.27. The number of nitrogens with one attached hydrogen (secondary N) is 1. The number of rotatable bonds is 5. The number of esters is 3. The molecular formula is C16H11I2N3O5. The molecule has 10 heteroatoms. The van der Waals surface area contributed by atoms with Crippen molar-refractivity contribution in [3.05, 3.63) is 55.2 Å². The fourth-order valence-electron chi connectivity index (χ4n) is 1.70. The highest BCUT2D eigenvalue weighted by Crippen LogP contribution is 2.10. The number of halogens is 2. The maximum atomic E-state index is 11.9. The molecule has 0 saturated heterocycles. The molecule has 2 aromatic heterocycles. The summed E-state index contributed by atoms with van der Waals surface area (Å²) < 4.78 is 11.0. The van der Waals surface area contributed by atoms with Crippen molar-refractivity contribution < 1.29 is 23.9 Å². The molecule has 2 heterocycles. The van der Waals surface area contributed by atoms with Gasteiger partial charge in [0.2, 0.25) is 0 Å². The predicted molar refractivity (Wildman–Crippen MR) is 107 cm³/mol. The average Bonchev–Trinajstić information content (AvgIpc) is 2.60. The molecule has 0 aliphatic heterocycles. The largest absolute Gasteiger partial charge is 0.409 e. The van der Waals surface area contributed by atoms with Gasteiger partial charge in [0, 0.05) is 38.3 Å². The second-order valence-electron chi connectivity index (χ2n) is 4.86. The van der Waals surface area contributed by atoms with E-state index in [9.17, 15) is 14.4 Å². The van der Waals surface area contributed by atoms with Crippen LogP contribution in [0.2, 0.25) is 0 Å². The third-order valence-corrected chi connectivity index (χ3v) is 4.04. The molecule has 2 aromatic rings. The number of carbonyl (C=O) groups is 3. The number of nitrogens with zero attached hydrogens (tertiary/aromatic N) is 2. The Morgan fingerprint density at radius 2 is 1.35 bits per heavy atom. The van der Waals surface area contributed by atoms with E-state index in [1.54, 1.807) is 18.5 Å². The minimum absolute atomic E-state index is 0.151. The highest BCUT2D eigenvalue weighted by atomic mass is 127. The Bertz CT molecular complexity index is 801. The van der Waals surface area contributed by atoms with Crippen LogP contribution in [-0.4, -0.2) is 33.8 Å². The lowest BCUT2D eigenvalue weighted by Crippen LogP contribution is -2.17. The van der Waals surface area contributed by atoms with E-state index in [0.717, 1.165) is 7.14 Å². The monoisotopic (exact) mass is 579 g/mol. The van der Waals surface area contributed by atoms with Gasteiger partial charge < -0.3 is 9.47 Å². The Morgan fingerprint density at radius 1 is 0.846 bits per heavy atom. The molecular weight excluding hydrogens is 568 g/mol. The molecule has 0 fully saturated rings. The molecule has 1 N–H and O–H groups in total. The average molecular weight is 579 g/mol. The van der Waals surface area contributed by atoms with Crippen molar-refractivity contribution in [1.82, 2.24) is 9.97 Å². The summed E-state index contributed by atoms with van der Waals surface area (Å²) in [6.45, 7) is 0. The van der Waals surface area contributed by atoms with Crippen molar-refractivity contribution in [3.8, 4) is 0 Å².